The third kappa shape index (κ3) is 2.26. The lowest BCUT2D eigenvalue weighted by atomic mass is 10.2. The molecule has 3 rings (SSSR count). The molecule has 0 aromatic carbocycles. The van der Waals surface area contributed by atoms with Crippen LogP contribution in [-0.4, -0.2) is 47.7 Å². The van der Waals surface area contributed by atoms with Gasteiger partial charge in [0.15, 0.2) is 0 Å². The van der Waals surface area contributed by atoms with E-state index in [9.17, 15) is 4.79 Å². The lowest BCUT2D eigenvalue weighted by Crippen LogP contribution is -2.49. The van der Waals surface area contributed by atoms with E-state index < -0.39 is 0 Å². The SMILES string of the molecule is CCOc1cc(C(=O)N2C3CCC2COC3)ncc1C. The summed E-state index contributed by atoms with van der Waals surface area (Å²) in [6, 6.07) is 2.18. The first kappa shape index (κ1) is 13.4. The molecule has 2 saturated heterocycles. The van der Waals surface area contributed by atoms with E-state index in [4.69, 9.17) is 9.47 Å². The van der Waals surface area contributed by atoms with Crippen LogP contribution >= 0.6 is 0 Å². The minimum absolute atomic E-state index is 0.00162. The van der Waals surface area contributed by atoms with Gasteiger partial charge in [-0.2, -0.15) is 0 Å². The van der Waals surface area contributed by atoms with Crippen molar-refractivity contribution in [3.8, 4) is 5.75 Å². The monoisotopic (exact) mass is 276 g/mol. The minimum Gasteiger partial charge on any atom is -0.493 e. The molecule has 20 heavy (non-hydrogen) atoms. The maximum Gasteiger partial charge on any atom is 0.273 e. The molecular weight excluding hydrogens is 256 g/mol. The zero-order chi connectivity index (χ0) is 14.1. The summed E-state index contributed by atoms with van der Waals surface area (Å²) in [6.45, 7) is 5.74. The van der Waals surface area contributed by atoms with Gasteiger partial charge in [-0.3, -0.25) is 9.78 Å². The van der Waals surface area contributed by atoms with Crippen molar-refractivity contribution >= 4 is 5.91 Å². The number of carbonyl (C=O) groups excluding carboxylic acids is 1. The van der Waals surface area contributed by atoms with E-state index in [0.29, 0.717) is 25.5 Å². The molecule has 2 aliphatic rings. The summed E-state index contributed by atoms with van der Waals surface area (Å²) in [4.78, 5) is 18.9. The van der Waals surface area contributed by atoms with Crippen molar-refractivity contribution in [1.29, 1.82) is 0 Å². The molecule has 2 fully saturated rings. The molecule has 0 spiro atoms. The van der Waals surface area contributed by atoms with Gasteiger partial charge in [0.05, 0.1) is 31.9 Å². The third-order valence-corrected chi connectivity index (χ3v) is 4.05. The Bertz CT molecular complexity index is 502. The average molecular weight is 276 g/mol. The molecule has 0 saturated carbocycles. The predicted octanol–water partition coefficient (Wildman–Crippen LogP) is 1.79. The van der Waals surface area contributed by atoms with E-state index in [2.05, 4.69) is 4.98 Å². The van der Waals surface area contributed by atoms with Crippen molar-refractivity contribution in [3.05, 3.63) is 23.5 Å². The number of aryl methyl sites for hydroxylation is 1. The second-order valence-corrected chi connectivity index (χ2v) is 5.40. The predicted molar refractivity (Wildman–Crippen MR) is 73.9 cm³/mol. The van der Waals surface area contributed by atoms with Crippen LogP contribution in [0.1, 0.15) is 35.8 Å². The van der Waals surface area contributed by atoms with Crippen molar-refractivity contribution in [3.63, 3.8) is 0 Å². The number of hydrogen-bond acceptors (Lipinski definition) is 4. The summed E-state index contributed by atoms with van der Waals surface area (Å²) in [6.07, 6.45) is 3.77. The number of hydrogen-bond donors (Lipinski definition) is 0. The number of rotatable bonds is 3. The molecule has 108 valence electrons. The smallest absolute Gasteiger partial charge is 0.273 e. The van der Waals surface area contributed by atoms with E-state index in [1.807, 2.05) is 18.7 Å². The summed E-state index contributed by atoms with van der Waals surface area (Å²) < 4.78 is 11.1. The number of amides is 1. The van der Waals surface area contributed by atoms with Crippen molar-refractivity contribution in [2.75, 3.05) is 19.8 Å². The normalized spacial score (nSPS) is 24.8. The highest BCUT2D eigenvalue weighted by Gasteiger charge is 2.41. The molecule has 0 radical (unpaired) electrons. The first-order chi connectivity index (χ1) is 9.70. The van der Waals surface area contributed by atoms with Gasteiger partial charge < -0.3 is 14.4 Å². The zero-order valence-electron chi connectivity index (χ0n) is 12.0. The Morgan fingerprint density at radius 2 is 2.15 bits per heavy atom. The van der Waals surface area contributed by atoms with Crippen LogP contribution in [-0.2, 0) is 4.74 Å². The molecule has 1 aromatic rings. The van der Waals surface area contributed by atoms with Gasteiger partial charge in [-0.05, 0) is 26.7 Å². The summed E-state index contributed by atoms with van der Waals surface area (Å²) >= 11 is 0. The summed E-state index contributed by atoms with van der Waals surface area (Å²) in [7, 11) is 0. The molecule has 3 heterocycles. The summed E-state index contributed by atoms with van der Waals surface area (Å²) in [5, 5.41) is 0. The Morgan fingerprint density at radius 3 is 2.80 bits per heavy atom. The molecular formula is C15H20N2O3. The van der Waals surface area contributed by atoms with Crippen LogP contribution in [0, 0.1) is 6.92 Å². The van der Waals surface area contributed by atoms with Gasteiger partial charge in [0.25, 0.3) is 5.91 Å². The number of fused-ring (bicyclic) bond motifs is 2. The highest BCUT2D eigenvalue weighted by atomic mass is 16.5. The van der Waals surface area contributed by atoms with Gasteiger partial charge in [0.1, 0.15) is 11.4 Å². The average Bonchev–Trinajstić information content (AvgIpc) is 2.70. The largest absolute Gasteiger partial charge is 0.493 e. The lowest BCUT2D eigenvalue weighted by Gasteiger charge is -2.34. The molecule has 2 aliphatic heterocycles. The molecule has 2 atom stereocenters. The molecule has 1 aromatic heterocycles. The maximum absolute atomic E-state index is 12.7. The molecule has 2 unspecified atom stereocenters. The van der Waals surface area contributed by atoms with Crippen molar-refractivity contribution in [2.45, 2.75) is 38.8 Å². The van der Waals surface area contributed by atoms with Gasteiger partial charge >= 0.3 is 0 Å². The number of morpholine rings is 1. The minimum atomic E-state index is 0.00162. The van der Waals surface area contributed by atoms with Gasteiger partial charge in [-0.25, -0.2) is 0 Å². The van der Waals surface area contributed by atoms with Gasteiger partial charge in [-0.15, -0.1) is 0 Å². The van der Waals surface area contributed by atoms with Crippen molar-refractivity contribution < 1.29 is 14.3 Å². The fourth-order valence-corrected chi connectivity index (χ4v) is 3.03. The molecule has 0 N–H and O–H groups in total. The molecule has 0 aliphatic carbocycles. The number of carbonyl (C=O) groups is 1. The Kier molecular flexibility index (Phi) is 3.61. The number of aromatic nitrogens is 1. The fourth-order valence-electron chi connectivity index (χ4n) is 3.03. The van der Waals surface area contributed by atoms with Crippen molar-refractivity contribution in [1.82, 2.24) is 9.88 Å². The first-order valence-electron chi connectivity index (χ1n) is 7.20. The standard InChI is InChI=1S/C15H20N2O3/c1-3-20-14-6-13(16-7-10(14)2)15(18)17-11-4-5-12(17)9-19-8-11/h6-7,11-12H,3-5,8-9H2,1-2H3. The third-order valence-electron chi connectivity index (χ3n) is 4.05. The van der Waals surface area contributed by atoms with Crippen LogP contribution in [0.15, 0.2) is 12.3 Å². The van der Waals surface area contributed by atoms with Crippen LogP contribution < -0.4 is 4.74 Å². The summed E-state index contributed by atoms with van der Waals surface area (Å²) in [5.74, 6) is 0.744. The number of ether oxygens (including phenoxy) is 2. The molecule has 1 amide bonds. The van der Waals surface area contributed by atoms with E-state index in [1.165, 1.54) is 0 Å². The van der Waals surface area contributed by atoms with E-state index in [-0.39, 0.29) is 18.0 Å². The fraction of sp³-hybridized carbons (Fsp3) is 0.600. The molecule has 2 bridgehead atoms. The van der Waals surface area contributed by atoms with Crippen molar-refractivity contribution in [2.24, 2.45) is 0 Å². The summed E-state index contributed by atoms with van der Waals surface area (Å²) in [5.41, 5.74) is 1.42. The first-order valence-corrected chi connectivity index (χ1v) is 7.20. The second kappa shape index (κ2) is 5.40. The van der Waals surface area contributed by atoms with Crippen LogP contribution in [0.2, 0.25) is 0 Å². The Labute approximate surface area is 118 Å². The molecule has 5 heteroatoms. The molecule has 5 nitrogen and oxygen atoms in total. The van der Waals surface area contributed by atoms with Crippen LogP contribution in [0.3, 0.4) is 0 Å². The lowest BCUT2D eigenvalue weighted by molar-refractivity contribution is -0.00748. The quantitative estimate of drug-likeness (QED) is 0.844. The second-order valence-electron chi connectivity index (χ2n) is 5.40. The highest BCUT2D eigenvalue weighted by molar-refractivity contribution is 5.93. The van der Waals surface area contributed by atoms with Gasteiger partial charge in [0, 0.05) is 17.8 Å². The van der Waals surface area contributed by atoms with E-state index in [0.717, 1.165) is 24.2 Å². The van der Waals surface area contributed by atoms with Crippen LogP contribution in [0.4, 0.5) is 0 Å². The van der Waals surface area contributed by atoms with Crippen LogP contribution in [0.25, 0.3) is 0 Å². The number of nitrogens with zero attached hydrogens (tertiary/aromatic N) is 2. The Morgan fingerprint density at radius 1 is 1.45 bits per heavy atom. The van der Waals surface area contributed by atoms with Crippen LogP contribution in [0.5, 0.6) is 5.75 Å². The van der Waals surface area contributed by atoms with E-state index >= 15 is 0 Å². The topological polar surface area (TPSA) is 51.7 Å². The Balaban J connectivity index is 1.85. The van der Waals surface area contributed by atoms with Gasteiger partial charge in [-0.1, -0.05) is 0 Å². The zero-order valence-corrected chi connectivity index (χ0v) is 12.0. The van der Waals surface area contributed by atoms with E-state index in [1.54, 1.807) is 12.3 Å². The number of pyridine rings is 1. The Hall–Kier alpha value is -1.62. The highest BCUT2D eigenvalue weighted by Crippen LogP contribution is 2.30. The maximum atomic E-state index is 12.7. The van der Waals surface area contributed by atoms with Gasteiger partial charge in [0.2, 0.25) is 0 Å².